The summed E-state index contributed by atoms with van der Waals surface area (Å²) in [6.45, 7) is 3.48. The molecule has 5 aromatic rings. The molecule has 0 fully saturated rings. The molecule has 2 aromatic carbocycles. The zero-order valence-corrected chi connectivity index (χ0v) is 20.5. The first-order valence-corrected chi connectivity index (χ1v) is 11.7. The van der Waals surface area contributed by atoms with Gasteiger partial charge in [0.2, 0.25) is 5.43 Å². The summed E-state index contributed by atoms with van der Waals surface area (Å²) in [4.78, 5) is 35.3. The molecule has 0 aliphatic carbocycles. The van der Waals surface area contributed by atoms with Gasteiger partial charge in [0.25, 0.3) is 5.91 Å². The molecule has 8 nitrogen and oxygen atoms in total. The van der Waals surface area contributed by atoms with Crippen LogP contribution in [0.5, 0.6) is 0 Å². The van der Waals surface area contributed by atoms with Gasteiger partial charge in [-0.25, -0.2) is 4.98 Å². The Hall–Kier alpha value is -5.03. The van der Waals surface area contributed by atoms with E-state index < -0.39 is 11.9 Å². The van der Waals surface area contributed by atoms with Gasteiger partial charge in [-0.1, -0.05) is 48.2 Å². The Balaban J connectivity index is 1.65. The van der Waals surface area contributed by atoms with E-state index in [4.69, 9.17) is 4.42 Å². The largest absolute Gasteiger partial charge is 0.458 e. The second-order valence-electron chi connectivity index (χ2n) is 8.55. The summed E-state index contributed by atoms with van der Waals surface area (Å²) in [5.74, 6) is 6.10. The number of rotatable bonds is 4. The molecule has 8 heteroatoms. The lowest BCUT2D eigenvalue weighted by molar-refractivity contribution is 0.0929. The Morgan fingerprint density at radius 2 is 1.84 bits per heavy atom. The number of nitrogens with one attached hydrogen (secondary N) is 1. The number of aromatic nitrogens is 4. The summed E-state index contributed by atoms with van der Waals surface area (Å²) in [7, 11) is 1.82. The zero-order valence-electron chi connectivity index (χ0n) is 20.5. The number of aryl methyl sites for hydroxylation is 2. The molecule has 3 heterocycles. The zero-order chi connectivity index (χ0) is 25.9. The highest BCUT2D eigenvalue weighted by atomic mass is 16.3. The fourth-order valence-corrected chi connectivity index (χ4v) is 4.13. The van der Waals surface area contributed by atoms with Crippen LogP contribution in [0.3, 0.4) is 0 Å². The number of amides is 1. The van der Waals surface area contributed by atoms with Gasteiger partial charge in [-0.15, -0.1) is 0 Å². The molecule has 1 unspecified atom stereocenters. The Labute approximate surface area is 213 Å². The Morgan fingerprint density at radius 3 is 2.57 bits per heavy atom. The van der Waals surface area contributed by atoms with E-state index in [1.807, 2.05) is 37.4 Å². The molecular formula is C29H23N5O3. The first-order valence-electron chi connectivity index (χ1n) is 11.7. The van der Waals surface area contributed by atoms with E-state index in [1.54, 1.807) is 49.1 Å². The first-order chi connectivity index (χ1) is 17.9. The van der Waals surface area contributed by atoms with Crippen molar-refractivity contribution in [2.75, 3.05) is 0 Å². The standard InChI is InChI=1S/C29H23N5O3/c1-18-26(31-15-14-30-18)29(36)33-19(2)28-25(21-8-5-4-6-9-21)27(35)24-22(10-7-11-23(24)37-28)13-12-20-16-32-34(3)17-20/h4-11,14-17,19H,1-3H3,(H,33,36). The molecule has 1 atom stereocenters. The van der Waals surface area contributed by atoms with Crippen LogP contribution in [0.2, 0.25) is 0 Å². The number of carbonyl (C=O) groups excluding carboxylic acids is 1. The van der Waals surface area contributed by atoms with Crippen molar-refractivity contribution in [3.05, 3.63) is 112 Å². The average molecular weight is 490 g/mol. The molecule has 1 amide bonds. The summed E-state index contributed by atoms with van der Waals surface area (Å²) in [6, 6.07) is 13.9. The number of fused-ring (bicyclic) bond motifs is 1. The maximum atomic E-state index is 14.0. The lowest BCUT2D eigenvalue weighted by atomic mass is 9.97. The van der Waals surface area contributed by atoms with Crippen LogP contribution in [0, 0.1) is 18.8 Å². The monoisotopic (exact) mass is 489 g/mol. The molecule has 5 rings (SSSR count). The topological polar surface area (TPSA) is 103 Å². The summed E-state index contributed by atoms with van der Waals surface area (Å²) >= 11 is 0. The number of hydrogen-bond acceptors (Lipinski definition) is 6. The number of nitrogens with zero attached hydrogens (tertiary/aromatic N) is 4. The number of hydrogen-bond donors (Lipinski definition) is 1. The maximum absolute atomic E-state index is 14.0. The van der Waals surface area contributed by atoms with E-state index in [9.17, 15) is 9.59 Å². The average Bonchev–Trinajstić information content (AvgIpc) is 3.32. The Bertz CT molecular complexity index is 1740. The minimum Gasteiger partial charge on any atom is -0.458 e. The molecule has 0 spiro atoms. The van der Waals surface area contributed by atoms with Crippen molar-refractivity contribution in [1.82, 2.24) is 25.1 Å². The third kappa shape index (κ3) is 4.75. The van der Waals surface area contributed by atoms with Gasteiger partial charge in [0.1, 0.15) is 17.0 Å². The molecule has 0 aliphatic rings. The van der Waals surface area contributed by atoms with Crippen LogP contribution in [-0.4, -0.2) is 25.7 Å². The van der Waals surface area contributed by atoms with Crippen molar-refractivity contribution < 1.29 is 9.21 Å². The Morgan fingerprint density at radius 1 is 1.05 bits per heavy atom. The summed E-state index contributed by atoms with van der Waals surface area (Å²) < 4.78 is 7.98. The van der Waals surface area contributed by atoms with Crippen LogP contribution >= 0.6 is 0 Å². The van der Waals surface area contributed by atoms with E-state index in [1.165, 1.54) is 12.4 Å². The van der Waals surface area contributed by atoms with Gasteiger partial charge in [0.15, 0.2) is 0 Å². The van der Waals surface area contributed by atoms with Crippen LogP contribution in [0.25, 0.3) is 22.1 Å². The summed E-state index contributed by atoms with van der Waals surface area (Å²) in [6.07, 6.45) is 6.46. The van der Waals surface area contributed by atoms with Gasteiger partial charge in [0, 0.05) is 31.2 Å². The number of benzene rings is 2. The SMILES string of the molecule is Cc1nccnc1C(=O)NC(C)c1oc2cccc(C#Cc3cnn(C)c3)c2c(=O)c1-c1ccccc1. The van der Waals surface area contributed by atoms with E-state index in [0.717, 1.165) is 5.56 Å². The van der Waals surface area contributed by atoms with Crippen LogP contribution in [-0.2, 0) is 7.05 Å². The van der Waals surface area contributed by atoms with Crippen molar-refractivity contribution in [2.45, 2.75) is 19.9 Å². The molecule has 37 heavy (non-hydrogen) atoms. The third-order valence-corrected chi connectivity index (χ3v) is 5.89. The van der Waals surface area contributed by atoms with E-state index in [0.29, 0.717) is 39.1 Å². The van der Waals surface area contributed by atoms with Crippen molar-refractivity contribution >= 4 is 16.9 Å². The van der Waals surface area contributed by atoms with Gasteiger partial charge >= 0.3 is 0 Å². The molecule has 0 aliphatic heterocycles. The van der Waals surface area contributed by atoms with Gasteiger partial charge in [-0.3, -0.25) is 19.3 Å². The molecular weight excluding hydrogens is 466 g/mol. The molecule has 0 radical (unpaired) electrons. The lowest BCUT2D eigenvalue weighted by Gasteiger charge is -2.18. The van der Waals surface area contributed by atoms with Crippen molar-refractivity contribution in [1.29, 1.82) is 0 Å². The van der Waals surface area contributed by atoms with E-state index >= 15 is 0 Å². The number of carbonyl (C=O) groups is 1. The second kappa shape index (κ2) is 9.91. The smallest absolute Gasteiger partial charge is 0.272 e. The molecule has 0 saturated carbocycles. The molecule has 1 N–H and O–H groups in total. The van der Waals surface area contributed by atoms with Gasteiger partial charge in [-0.05, 0) is 31.5 Å². The van der Waals surface area contributed by atoms with Crippen molar-refractivity contribution in [3.63, 3.8) is 0 Å². The van der Waals surface area contributed by atoms with E-state index in [-0.39, 0.29) is 11.1 Å². The van der Waals surface area contributed by atoms with Crippen LogP contribution in [0.1, 0.15) is 46.0 Å². The molecule has 182 valence electrons. The summed E-state index contributed by atoms with van der Waals surface area (Å²) in [5.41, 5.74) is 3.21. The quantitative estimate of drug-likeness (QED) is 0.380. The van der Waals surface area contributed by atoms with Crippen molar-refractivity contribution in [3.8, 4) is 23.0 Å². The lowest BCUT2D eigenvalue weighted by Crippen LogP contribution is -2.29. The fraction of sp³-hybridized carbons (Fsp3) is 0.138. The highest BCUT2D eigenvalue weighted by molar-refractivity contribution is 5.94. The van der Waals surface area contributed by atoms with Crippen LogP contribution < -0.4 is 10.7 Å². The third-order valence-electron chi connectivity index (χ3n) is 5.89. The van der Waals surface area contributed by atoms with Crippen LogP contribution in [0.4, 0.5) is 0 Å². The first kappa shape index (κ1) is 23.7. The second-order valence-corrected chi connectivity index (χ2v) is 8.55. The summed E-state index contributed by atoms with van der Waals surface area (Å²) in [5, 5.41) is 7.42. The van der Waals surface area contributed by atoms with Gasteiger partial charge in [0.05, 0.1) is 34.4 Å². The van der Waals surface area contributed by atoms with Crippen LogP contribution in [0.15, 0.2) is 82.5 Å². The maximum Gasteiger partial charge on any atom is 0.272 e. The molecule has 3 aromatic heterocycles. The predicted molar refractivity (Wildman–Crippen MR) is 140 cm³/mol. The highest BCUT2D eigenvalue weighted by Gasteiger charge is 2.24. The molecule has 0 bridgehead atoms. The minimum atomic E-state index is -0.633. The van der Waals surface area contributed by atoms with Crippen molar-refractivity contribution in [2.24, 2.45) is 7.05 Å². The minimum absolute atomic E-state index is 0.215. The Kier molecular flexibility index (Phi) is 6.35. The van der Waals surface area contributed by atoms with Gasteiger partial charge < -0.3 is 9.73 Å². The van der Waals surface area contributed by atoms with Gasteiger partial charge in [-0.2, -0.15) is 5.10 Å². The predicted octanol–water partition coefficient (Wildman–Crippen LogP) is 4.18. The molecule has 0 saturated heterocycles. The van der Waals surface area contributed by atoms with E-state index in [2.05, 4.69) is 32.2 Å². The highest BCUT2D eigenvalue weighted by Crippen LogP contribution is 2.30. The normalized spacial score (nSPS) is 11.5. The fourth-order valence-electron chi connectivity index (χ4n) is 4.13.